The fourth-order valence-corrected chi connectivity index (χ4v) is 6.72. The highest BCUT2D eigenvalue weighted by atomic mass is 14.8. The van der Waals surface area contributed by atoms with Crippen LogP contribution in [0.25, 0.3) is 89.1 Å². The quantitative estimate of drug-likeness (QED) is 0.170. The Labute approximate surface area is 291 Å². The summed E-state index contributed by atoms with van der Waals surface area (Å²) in [7, 11) is 0. The van der Waals surface area contributed by atoms with Gasteiger partial charge in [-0.1, -0.05) is 158 Å². The van der Waals surface area contributed by atoms with Gasteiger partial charge in [0.25, 0.3) is 0 Å². The highest BCUT2D eigenvalue weighted by molar-refractivity contribution is 6.10. The topological polar surface area (TPSA) is 38.7 Å². The van der Waals surface area contributed by atoms with Gasteiger partial charge in [0.2, 0.25) is 0 Å². The summed E-state index contributed by atoms with van der Waals surface area (Å²) in [5.41, 5.74) is 14.3. The van der Waals surface area contributed by atoms with Crippen molar-refractivity contribution in [2.75, 3.05) is 0 Å². The van der Waals surface area contributed by atoms with Gasteiger partial charge in [0, 0.05) is 33.0 Å². The zero-order valence-corrected chi connectivity index (χ0v) is 27.2. The first-order valence-electron chi connectivity index (χ1n) is 16.9. The van der Waals surface area contributed by atoms with E-state index in [-0.39, 0.29) is 0 Å². The maximum atomic E-state index is 5.29. The first-order chi connectivity index (χ1) is 24.8. The van der Waals surface area contributed by atoms with Crippen molar-refractivity contribution in [3.63, 3.8) is 0 Å². The molecule has 0 aliphatic rings. The van der Waals surface area contributed by atoms with Gasteiger partial charge in [-0.2, -0.15) is 0 Å². The first kappa shape index (κ1) is 29.4. The SMILES string of the molecule is c1ccc(-c2cc(-c3ccccc3)nc(-c3cccc(-c4cc(-c5ccccc5)nc5c4ccc4ccc(-c6ccccc6)nc45)c3)c2)cc1. The Balaban J connectivity index is 1.25. The average Bonchev–Trinajstić information content (AvgIpc) is 3.21. The first-order valence-corrected chi connectivity index (χ1v) is 16.9. The maximum Gasteiger partial charge on any atom is 0.0978 e. The summed E-state index contributed by atoms with van der Waals surface area (Å²) in [6, 6.07) is 65.6. The van der Waals surface area contributed by atoms with E-state index in [0.717, 1.165) is 89.1 Å². The number of hydrogen-bond donors (Lipinski definition) is 0. The smallest absolute Gasteiger partial charge is 0.0978 e. The molecule has 0 bridgehead atoms. The molecular weight excluding hydrogens is 607 g/mol. The summed E-state index contributed by atoms with van der Waals surface area (Å²) in [5, 5.41) is 2.12. The number of pyridine rings is 3. The van der Waals surface area contributed by atoms with Crippen molar-refractivity contribution in [2.45, 2.75) is 0 Å². The maximum absolute atomic E-state index is 5.29. The average molecular weight is 638 g/mol. The molecule has 0 fully saturated rings. The standard InChI is InChI=1S/C47H31N3/c1-5-14-32(15-6-1)39-29-43(34-18-9-3-10-19-34)48-44(30-39)38-23-13-22-37(28-38)41-31-45(35-20-11-4-12-21-35)50-47-40(41)26-24-36-25-27-42(49-46(36)47)33-16-7-2-8-17-33/h1-31H. The molecule has 50 heavy (non-hydrogen) atoms. The molecule has 0 unspecified atom stereocenters. The predicted octanol–water partition coefficient (Wildman–Crippen LogP) is 12.2. The minimum atomic E-state index is 0.887. The molecule has 0 aliphatic carbocycles. The van der Waals surface area contributed by atoms with E-state index in [1.165, 1.54) is 0 Å². The molecule has 3 aromatic heterocycles. The van der Waals surface area contributed by atoms with Crippen LogP contribution >= 0.6 is 0 Å². The molecule has 0 N–H and O–H groups in total. The van der Waals surface area contributed by atoms with E-state index in [1.807, 2.05) is 30.3 Å². The molecule has 0 spiro atoms. The second-order valence-corrected chi connectivity index (χ2v) is 12.5. The third kappa shape index (κ3) is 5.61. The van der Waals surface area contributed by atoms with E-state index in [0.29, 0.717) is 0 Å². The lowest BCUT2D eigenvalue weighted by atomic mass is 9.94. The lowest BCUT2D eigenvalue weighted by molar-refractivity contribution is 1.32. The predicted molar refractivity (Wildman–Crippen MR) is 207 cm³/mol. The van der Waals surface area contributed by atoms with Crippen LogP contribution in [0.4, 0.5) is 0 Å². The zero-order chi connectivity index (χ0) is 33.3. The summed E-state index contributed by atoms with van der Waals surface area (Å²) in [6.07, 6.45) is 0. The van der Waals surface area contributed by atoms with Crippen LogP contribution in [0.15, 0.2) is 188 Å². The third-order valence-corrected chi connectivity index (χ3v) is 9.25. The summed E-state index contributed by atoms with van der Waals surface area (Å²) in [4.78, 5) is 15.7. The van der Waals surface area contributed by atoms with Gasteiger partial charge in [0.05, 0.1) is 33.8 Å². The van der Waals surface area contributed by atoms with Crippen molar-refractivity contribution in [2.24, 2.45) is 0 Å². The molecule has 3 heteroatoms. The van der Waals surface area contributed by atoms with Crippen LogP contribution in [0, 0.1) is 0 Å². The molecule has 0 amide bonds. The molecule has 9 rings (SSSR count). The molecule has 0 saturated carbocycles. The molecular formula is C47H31N3. The molecule has 3 nitrogen and oxygen atoms in total. The Morgan fingerprint density at radius 1 is 0.260 bits per heavy atom. The monoisotopic (exact) mass is 637 g/mol. The Hall–Kier alpha value is -6.71. The van der Waals surface area contributed by atoms with Crippen LogP contribution in [0.1, 0.15) is 0 Å². The van der Waals surface area contributed by atoms with Crippen LogP contribution in [0.3, 0.4) is 0 Å². The van der Waals surface area contributed by atoms with E-state index < -0.39 is 0 Å². The molecule has 3 heterocycles. The number of benzene rings is 6. The van der Waals surface area contributed by atoms with Gasteiger partial charge in [-0.3, -0.25) is 0 Å². The molecule has 0 aliphatic heterocycles. The largest absolute Gasteiger partial charge is 0.248 e. The summed E-state index contributed by atoms with van der Waals surface area (Å²) < 4.78 is 0. The van der Waals surface area contributed by atoms with Crippen LogP contribution in [0.5, 0.6) is 0 Å². The molecule has 0 atom stereocenters. The summed E-state index contributed by atoms with van der Waals surface area (Å²) in [5.74, 6) is 0. The number of rotatable bonds is 6. The second-order valence-electron chi connectivity index (χ2n) is 12.5. The van der Waals surface area contributed by atoms with Gasteiger partial charge in [0.15, 0.2) is 0 Å². The van der Waals surface area contributed by atoms with Crippen molar-refractivity contribution in [3.05, 3.63) is 188 Å². The van der Waals surface area contributed by atoms with E-state index in [2.05, 4.69) is 158 Å². The van der Waals surface area contributed by atoms with Crippen LogP contribution in [0.2, 0.25) is 0 Å². The Morgan fingerprint density at radius 3 is 1.38 bits per heavy atom. The van der Waals surface area contributed by atoms with Gasteiger partial charge in [-0.25, -0.2) is 15.0 Å². The highest BCUT2D eigenvalue weighted by Crippen LogP contribution is 2.38. The fraction of sp³-hybridized carbons (Fsp3) is 0. The number of nitrogens with zero attached hydrogens (tertiary/aromatic N) is 3. The second kappa shape index (κ2) is 12.7. The van der Waals surface area contributed by atoms with E-state index in [9.17, 15) is 0 Å². The van der Waals surface area contributed by atoms with Gasteiger partial charge in [-0.05, 0) is 52.6 Å². The molecule has 0 saturated heterocycles. The Morgan fingerprint density at radius 2 is 0.740 bits per heavy atom. The van der Waals surface area contributed by atoms with Gasteiger partial charge in [-0.15, -0.1) is 0 Å². The van der Waals surface area contributed by atoms with Gasteiger partial charge in [0.1, 0.15) is 0 Å². The molecule has 234 valence electrons. The van der Waals surface area contributed by atoms with E-state index in [1.54, 1.807) is 0 Å². The van der Waals surface area contributed by atoms with Crippen molar-refractivity contribution in [3.8, 4) is 67.3 Å². The number of aromatic nitrogens is 3. The Bertz CT molecular complexity index is 2560. The molecule has 6 aromatic carbocycles. The van der Waals surface area contributed by atoms with Crippen LogP contribution < -0.4 is 0 Å². The van der Waals surface area contributed by atoms with Crippen LogP contribution in [-0.4, -0.2) is 15.0 Å². The molecule has 0 radical (unpaired) electrons. The minimum absolute atomic E-state index is 0.887. The van der Waals surface area contributed by atoms with Crippen molar-refractivity contribution in [1.29, 1.82) is 0 Å². The number of hydrogen-bond acceptors (Lipinski definition) is 3. The third-order valence-electron chi connectivity index (χ3n) is 9.25. The lowest BCUT2D eigenvalue weighted by Gasteiger charge is -2.14. The Kier molecular flexibility index (Phi) is 7.49. The number of fused-ring (bicyclic) bond motifs is 3. The fourth-order valence-electron chi connectivity index (χ4n) is 6.72. The minimum Gasteiger partial charge on any atom is -0.248 e. The highest BCUT2D eigenvalue weighted by Gasteiger charge is 2.16. The summed E-state index contributed by atoms with van der Waals surface area (Å²) in [6.45, 7) is 0. The zero-order valence-electron chi connectivity index (χ0n) is 27.2. The van der Waals surface area contributed by atoms with Crippen molar-refractivity contribution >= 4 is 21.8 Å². The normalized spacial score (nSPS) is 11.2. The van der Waals surface area contributed by atoms with Gasteiger partial charge < -0.3 is 0 Å². The summed E-state index contributed by atoms with van der Waals surface area (Å²) >= 11 is 0. The molecule has 9 aromatic rings. The van der Waals surface area contributed by atoms with Crippen molar-refractivity contribution in [1.82, 2.24) is 15.0 Å². The lowest BCUT2D eigenvalue weighted by Crippen LogP contribution is -1.94. The van der Waals surface area contributed by atoms with E-state index >= 15 is 0 Å². The van der Waals surface area contributed by atoms with Crippen molar-refractivity contribution < 1.29 is 0 Å². The van der Waals surface area contributed by atoms with E-state index in [4.69, 9.17) is 15.0 Å². The van der Waals surface area contributed by atoms with Gasteiger partial charge >= 0.3 is 0 Å². The van der Waals surface area contributed by atoms with Crippen LogP contribution in [-0.2, 0) is 0 Å².